The molecule has 0 amide bonds. The van der Waals surface area contributed by atoms with Crippen LogP contribution < -0.4 is 0 Å². The third-order valence-corrected chi connectivity index (χ3v) is 3.55. The Morgan fingerprint density at radius 3 is 1.60 bits per heavy atom. The summed E-state index contributed by atoms with van der Waals surface area (Å²) in [4.78, 5) is 0. The van der Waals surface area contributed by atoms with Crippen molar-refractivity contribution in [2.75, 3.05) is 0 Å². The molecule has 0 atom stereocenters. The quantitative estimate of drug-likeness (QED) is 0.539. The van der Waals surface area contributed by atoms with Gasteiger partial charge in [0.15, 0.2) is 0 Å². The molecule has 84 valence electrons. The van der Waals surface area contributed by atoms with Crippen molar-refractivity contribution in [1.82, 2.24) is 0 Å². The minimum Gasteiger partial charge on any atom is -0.123 e. The maximum absolute atomic E-state index is 5.82. The second-order valence-electron chi connectivity index (χ2n) is 3.65. The Hall–Kier alpha value is 0.0900. The maximum atomic E-state index is 5.82. The highest BCUT2D eigenvalue weighted by Gasteiger charge is 2.08. The first-order valence-electron chi connectivity index (χ1n) is 5.24. The Balaban J connectivity index is 0.000000151. The first-order valence-corrected chi connectivity index (χ1v) is 6.43. The van der Waals surface area contributed by atoms with Crippen LogP contribution in [0.25, 0.3) is 0 Å². The molecule has 1 aromatic rings. The fourth-order valence-electron chi connectivity index (χ4n) is 1.49. The summed E-state index contributed by atoms with van der Waals surface area (Å²) >= 11 is 17.0. The van der Waals surface area contributed by atoms with Gasteiger partial charge in [0.1, 0.15) is 0 Å². The number of hydrogen-bond donors (Lipinski definition) is 0. The highest BCUT2D eigenvalue weighted by Crippen LogP contribution is 2.21. The van der Waals surface area contributed by atoms with Gasteiger partial charge in [0, 0.05) is 5.38 Å². The number of halogens is 3. The van der Waals surface area contributed by atoms with Crippen LogP contribution in [0, 0.1) is 0 Å². The van der Waals surface area contributed by atoms with E-state index in [4.69, 9.17) is 34.8 Å². The summed E-state index contributed by atoms with van der Waals surface area (Å²) in [5, 5.41) is 1.72. The summed E-state index contributed by atoms with van der Waals surface area (Å²) in [5.41, 5.74) is 0. The van der Waals surface area contributed by atoms with E-state index in [0.29, 0.717) is 15.4 Å². The van der Waals surface area contributed by atoms with Crippen molar-refractivity contribution in [3.8, 4) is 0 Å². The normalized spacial score (nSPS) is 16.7. The van der Waals surface area contributed by atoms with E-state index < -0.39 is 0 Å². The second kappa shape index (κ2) is 7.38. The lowest BCUT2D eigenvalue weighted by Gasteiger charge is -2.13. The standard InChI is InChI=1S/C6H4Cl2.C6H11Cl/c7-5-3-1-2-4-6(5)8;7-6-4-2-1-3-5-6/h1-4H;6H,1-5H2. The number of rotatable bonds is 0. The molecule has 0 heterocycles. The lowest BCUT2D eigenvalue weighted by molar-refractivity contribution is 0.511. The van der Waals surface area contributed by atoms with Gasteiger partial charge in [-0.1, -0.05) is 54.6 Å². The molecule has 0 spiro atoms. The molecule has 0 radical (unpaired) electrons. The van der Waals surface area contributed by atoms with Crippen LogP contribution in [0.2, 0.25) is 10.0 Å². The summed E-state index contributed by atoms with van der Waals surface area (Å²) in [6.07, 6.45) is 6.62. The molecule has 3 heteroatoms. The zero-order valence-electron chi connectivity index (χ0n) is 8.56. The van der Waals surface area contributed by atoms with Gasteiger partial charge in [-0.25, -0.2) is 0 Å². The summed E-state index contributed by atoms with van der Waals surface area (Å²) in [6, 6.07) is 7.19. The van der Waals surface area contributed by atoms with Crippen LogP contribution in [0.4, 0.5) is 0 Å². The average molecular weight is 266 g/mol. The largest absolute Gasteiger partial charge is 0.123 e. The van der Waals surface area contributed by atoms with Gasteiger partial charge in [-0.2, -0.15) is 0 Å². The van der Waals surface area contributed by atoms with Crippen LogP contribution in [0.1, 0.15) is 32.1 Å². The SMILES string of the molecule is ClC1CCCCC1.Clc1ccccc1Cl. The molecule has 1 aromatic carbocycles. The van der Waals surface area contributed by atoms with Gasteiger partial charge < -0.3 is 0 Å². The molecule has 1 aliphatic rings. The third kappa shape index (κ3) is 5.65. The van der Waals surface area contributed by atoms with Crippen LogP contribution in [-0.2, 0) is 0 Å². The number of hydrogen-bond acceptors (Lipinski definition) is 0. The third-order valence-electron chi connectivity index (χ3n) is 2.36. The molecular weight excluding hydrogens is 250 g/mol. The van der Waals surface area contributed by atoms with E-state index >= 15 is 0 Å². The van der Waals surface area contributed by atoms with E-state index in [1.165, 1.54) is 32.1 Å². The van der Waals surface area contributed by atoms with Crippen molar-refractivity contribution in [1.29, 1.82) is 0 Å². The Morgan fingerprint density at radius 2 is 1.33 bits per heavy atom. The van der Waals surface area contributed by atoms with Crippen LogP contribution in [0.3, 0.4) is 0 Å². The van der Waals surface area contributed by atoms with Crippen LogP contribution in [0.15, 0.2) is 24.3 Å². The molecule has 0 unspecified atom stereocenters. The lowest BCUT2D eigenvalue weighted by Crippen LogP contribution is -2.03. The Kier molecular flexibility index (Phi) is 6.47. The second-order valence-corrected chi connectivity index (χ2v) is 5.08. The van der Waals surface area contributed by atoms with Crippen LogP contribution >= 0.6 is 34.8 Å². The monoisotopic (exact) mass is 264 g/mol. The van der Waals surface area contributed by atoms with E-state index in [0.717, 1.165) is 0 Å². The molecular formula is C12H15Cl3. The number of benzene rings is 1. The number of alkyl halides is 1. The average Bonchev–Trinajstić information content (AvgIpc) is 2.25. The zero-order chi connectivity index (χ0) is 11.1. The van der Waals surface area contributed by atoms with Gasteiger partial charge in [-0.3, -0.25) is 0 Å². The molecule has 0 N–H and O–H groups in total. The van der Waals surface area contributed by atoms with E-state index in [-0.39, 0.29) is 0 Å². The highest BCUT2D eigenvalue weighted by molar-refractivity contribution is 6.41. The fourth-order valence-corrected chi connectivity index (χ4v) is 2.07. The Labute approximate surface area is 107 Å². The molecule has 0 saturated heterocycles. The molecule has 0 aliphatic heterocycles. The topological polar surface area (TPSA) is 0 Å². The Bertz CT molecular complexity index is 259. The van der Waals surface area contributed by atoms with E-state index in [1.54, 1.807) is 12.1 Å². The molecule has 1 fully saturated rings. The maximum Gasteiger partial charge on any atom is 0.0592 e. The highest BCUT2D eigenvalue weighted by atomic mass is 35.5. The van der Waals surface area contributed by atoms with Crippen LogP contribution in [-0.4, -0.2) is 5.38 Å². The van der Waals surface area contributed by atoms with Crippen molar-refractivity contribution in [3.63, 3.8) is 0 Å². The van der Waals surface area contributed by atoms with Crippen LogP contribution in [0.5, 0.6) is 0 Å². The molecule has 15 heavy (non-hydrogen) atoms. The zero-order valence-corrected chi connectivity index (χ0v) is 10.8. The fraction of sp³-hybridized carbons (Fsp3) is 0.500. The smallest absolute Gasteiger partial charge is 0.0592 e. The van der Waals surface area contributed by atoms with Crippen molar-refractivity contribution in [2.24, 2.45) is 0 Å². The molecule has 0 nitrogen and oxygen atoms in total. The molecule has 0 aromatic heterocycles. The van der Waals surface area contributed by atoms with Gasteiger partial charge >= 0.3 is 0 Å². The molecule has 0 bridgehead atoms. The Morgan fingerprint density at radius 1 is 0.867 bits per heavy atom. The first-order chi connectivity index (χ1) is 7.20. The van der Waals surface area contributed by atoms with Gasteiger partial charge in [-0.05, 0) is 25.0 Å². The van der Waals surface area contributed by atoms with Crippen molar-refractivity contribution in [2.45, 2.75) is 37.5 Å². The minimum absolute atomic E-state index is 0.508. The van der Waals surface area contributed by atoms with Gasteiger partial charge in [0.05, 0.1) is 10.0 Å². The first kappa shape index (κ1) is 13.2. The van der Waals surface area contributed by atoms with Crippen molar-refractivity contribution < 1.29 is 0 Å². The predicted molar refractivity (Wildman–Crippen MR) is 69.2 cm³/mol. The van der Waals surface area contributed by atoms with E-state index in [9.17, 15) is 0 Å². The van der Waals surface area contributed by atoms with Gasteiger partial charge in [0.25, 0.3) is 0 Å². The van der Waals surface area contributed by atoms with Crippen molar-refractivity contribution >= 4 is 34.8 Å². The summed E-state index contributed by atoms with van der Waals surface area (Å²) in [6.45, 7) is 0. The molecule has 2 rings (SSSR count). The summed E-state index contributed by atoms with van der Waals surface area (Å²) in [7, 11) is 0. The lowest BCUT2D eigenvalue weighted by atomic mass is 10.0. The minimum atomic E-state index is 0.508. The van der Waals surface area contributed by atoms with Gasteiger partial charge in [0.2, 0.25) is 0 Å². The van der Waals surface area contributed by atoms with E-state index in [2.05, 4.69) is 0 Å². The summed E-state index contributed by atoms with van der Waals surface area (Å²) < 4.78 is 0. The van der Waals surface area contributed by atoms with Gasteiger partial charge in [-0.15, -0.1) is 11.6 Å². The van der Waals surface area contributed by atoms with E-state index in [1.807, 2.05) is 12.1 Å². The predicted octanol–water partition coefficient (Wildman–Crippen LogP) is 5.55. The molecule has 1 aliphatic carbocycles. The van der Waals surface area contributed by atoms with Crippen molar-refractivity contribution in [3.05, 3.63) is 34.3 Å². The summed E-state index contributed by atoms with van der Waals surface area (Å²) in [5.74, 6) is 0. The molecule has 1 saturated carbocycles.